The first-order chi connectivity index (χ1) is 10.3. The molecule has 0 fully saturated rings. The number of nitrogens with zero attached hydrogens (tertiary/aromatic N) is 2. The Labute approximate surface area is 129 Å². The summed E-state index contributed by atoms with van der Waals surface area (Å²) < 4.78 is 2.00. The average Bonchev–Trinajstić information content (AvgIpc) is 3.08. The van der Waals surface area contributed by atoms with E-state index >= 15 is 0 Å². The summed E-state index contributed by atoms with van der Waals surface area (Å²) >= 11 is 1.76. The lowest BCUT2D eigenvalue weighted by atomic mass is 10.2. The van der Waals surface area contributed by atoms with E-state index in [2.05, 4.69) is 65.1 Å². The molecule has 0 spiro atoms. The molecule has 0 saturated carbocycles. The average molecular weight is 295 g/mol. The molecule has 1 aromatic heterocycles. The Morgan fingerprint density at radius 3 is 2.71 bits per heavy atom. The van der Waals surface area contributed by atoms with Gasteiger partial charge in [-0.3, -0.25) is 0 Å². The van der Waals surface area contributed by atoms with Gasteiger partial charge in [-0.05, 0) is 42.2 Å². The van der Waals surface area contributed by atoms with Crippen LogP contribution >= 0.6 is 11.8 Å². The van der Waals surface area contributed by atoms with E-state index in [-0.39, 0.29) is 0 Å². The van der Waals surface area contributed by atoms with Crippen molar-refractivity contribution in [2.45, 2.75) is 11.4 Å². The lowest BCUT2D eigenvalue weighted by molar-refractivity contribution is 1.05. The molecule has 0 aliphatic rings. The number of imidazole rings is 1. The molecule has 3 rings (SSSR count). The first-order valence-electron chi connectivity index (χ1n) is 6.80. The van der Waals surface area contributed by atoms with E-state index in [1.807, 2.05) is 10.8 Å². The van der Waals surface area contributed by atoms with Crippen molar-refractivity contribution in [3.63, 3.8) is 0 Å². The van der Waals surface area contributed by atoms with E-state index in [9.17, 15) is 0 Å². The molecule has 0 aliphatic heterocycles. The van der Waals surface area contributed by atoms with Crippen LogP contribution in [0.25, 0.3) is 5.69 Å². The van der Waals surface area contributed by atoms with Crippen LogP contribution in [0.3, 0.4) is 0 Å². The van der Waals surface area contributed by atoms with Crippen LogP contribution in [0.15, 0.2) is 72.1 Å². The maximum absolute atomic E-state index is 4.08. The van der Waals surface area contributed by atoms with Crippen molar-refractivity contribution in [2.24, 2.45) is 0 Å². The summed E-state index contributed by atoms with van der Waals surface area (Å²) in [6.07, 6.45) is 7.63. The monoisotopic (exact) mass is 295 g/mol. The first kappa shape index (κ1) is 13.8. The number of nitrogens with one attached hydrogen (secondary N) is 1. The van der Waals surface area contributed by atoms with Crippen LogP contribution in [0.4, 0.5) is 5.69 Å². The molecule has 21 heavy (non-hydrogen) atoms. The van der Waals surface area contributed by atoms with E-state index in [0.717, 1.165) is 17.9 Å². The zero-order chi connectivity index (χ0) is 14.5. The molecular formula is C17H17N3S. The van der Waals surface area contributed by atoms with Crippen molar-refractivity contribution in [3.05, 3.63) is 72.8 Å². The van der Waals surface area contributed by atoms with Crippen LogP contribution in [-0.2, 0) is 6.54 Å². The van der Waals surface area contributed by atoms with Gasteiger partial charge in [0.2, 0.25) is 0 Å². The lowest BCUT2D eigenvalue weighted by Gasteiger charge is -2.09. The second-order valence-electron chi connectivity index (χ2n) is 4.72. The molecule has 106 valence electrons. The van der Waals surface area contributed by atoms with Gasteiger partial charge in [0.25, 0.3) is 0 Å². The molecule has 1 heterocycles. The highest BCUT2D eigenvalue weighted by Gasteiger charge is 1.99. The molecule has 0 amide bonds. The molecule has 4 heteroatoms. The number of hydrogen-bond donors (Lipinski definition) is 1. The van der Waals surface area contributed by atoms with Gasteiger partial charge in [0.1, 0.15) is 0 Å². The smallest absolute Gasteiger partial charge is 0.0991 e. The number of thioether (sulfide) groups is 1. The quantitative estimate of drug-likeness (QED) is 0.715. The lowest BCUT2D eigenvalue weighted by Crippen LogP contribution is -2.00. The summed E-state index contributed by atoms with van der Waals surface area (Å²) in [4.78, 5) is 5.37. The van der Waals surface area contributed by atoms with Gasteiger partial charge in [0.05, 0.1) is 6.33 Å². The molecule has 0 unspecified atom stereocenters. The molecule has 3 aromatic rings. The standard InChI is InChI=1S/C17H17N3S/c1-21-17-7-5-14(6-8-17)12-19-15-3-2-4-16(11-15)20-10-9-18-13-20/h2-11,13,19H,12H2,1H3. The highest BCUT2D eigenvalue weighted by molar-refractivity contribution is 7.98. The molecule has 0 bridgehead atoms. The summed E-state index contributed by atoms with van der Waals surface area (Å²) in [6.45, 7) is 0.821. The van der Waals surface area contributed by atoms with Gasteiger partial charge in [0, 0.05) is 35.2 Å². The van der Waals surface area contributed by atoms with Crippen LogP contribution in [0.1, 0.15) is 5.56 Å². The molecule has 0 saturated heterocycles. The largest absolute Gasteiger partial charge is 0.381 e. The second-order valence-corrected chi connectivity index (χ2v) is 5.60. The van der Waals surface area contributed by atoms with Crippen molar-refractivity contribution in [1.82, 2.24) is 9.55 Å². The van der Waals surface area contributed by atoms with Crippen LogP contribution in [0.5, 0.6) is 0 Å². The van der Waals surface area contributed by atoms with E-state index in [4.69, 9.17) is 0 Å². The van der Waals surface area contributed by atoms with E-state index in [1.165, 1.54) is 10.5 Å². The second kappa shape index (κ2) is 6.50. The van der Waals surface area contributed by atoms with Crippen molar-refractivity contribution >= 4 is 17.4 Å². The van der Waals surface area contributed by atoms with Crippen molar-refractivity contribution in [3.8, 4) is 5.69 Å². The maximum Gasteiger partial charge on any atom is 0.0991 e. The fourth-order valence-corrected chi connectivity index (χ4v) is 2.54. The zero-order valence-electron chi connectivity index (χ0n) is 11.9. The third kappa shape index (κ3) is 3.47. The van der Waals surface area contributed by atoms with Gasteiger partial charge in [-0.25, -0.2) is 4.98 Å². The third-order valence-corrected chi connectivity index (χ3v) is 4.05. The number of anilines is 1. The Kier molecular flexibility index (Phi) is 4.26. The van der Waals surface area contributed by atoms with Gasteiger partial charge in [-0.15, -0.1) is 11.8 Å². The Balaban J connectivity index is 1.68. The highest BCUT2D eigenvalue weighted by Crippen LogP contribution is 2.17. The van der Waals surface area contributed by atoms with Gasteiger partial charge in [-0.2, -0.15) is 0 Å². The number of benzene rings is 2. The number of rotatable bonds is 5. The Morgan fingerprint density at radius 1 is 1.14 bits per heavy atom. The van der Waals surface area contributed by atoms with Crippen molar-refractivity contribution < 1.29 is 0 Å². The third-order valence-electron chi connectivity index (χ3n) is 3.30. The first-order valence-corrected chi connectivity index (χ1v) is 8.03. The fourth-order valence-electron chi connectivity index (χ4n) is 2.14. The minimum atomic E-state index is 0.821. The van der Waals surface area contributed by atoms with Crippen molar-refractivity contribution in [1.29, 1.82) is 0 Å². The van der Waals surface area contributed by atoms with E-state index < -0.39 is 0 Å². The molecule has 3 nitrogen and oxygen atoms in total. The zero-order valence-corrected chi connectivity index (χ0v) is 12.7. The summed E-state index contributed by atoms with van der Waals surface area (Å²) in [7, 11) is 0. The Bertz CT molecular complexity index is 690. The molecule has 1 N–H and O–H groups in total. The minimum Gasteiger partial charge on any atom is -0.381 e. The van der Waals surface area contributed by atoms with Crippen molar-refractivity contribution in [2.75, 3.05) is 11.6 Å². The Hall–Kier alpha value is -2.20. The SMILES string of the molecule is CSc1ccc(CNc2cccc(-n3ccnc3)c2)cc1. The predicted molar refractivity (Wildman–Crippen MR) is 89.1 cm³/mol. The molecule has 0 aliphatic carbocycles. The predicted octanol–water partition coefficient (Wildman–Crippen LogP) is 4.21. The summed E-state index contributed by atoms with van der Waals surface area (Å²) in [6, 6.07) is 17.0. The molecule has 0 radical (unpaired) electrons. The van der Waals surface area contributed by atoms with Crippen LogP contribution in [0, 0.1) is 0 Å². The van der Waals surface area contributed by atoms with Gasteiger partial charge in [0.15, 0.2) is 0 Å². The van der Waals surface area contributed by atoms with Crippen LogP contribution in [-0.4, -0.2) is 15.8 Å². The van der Waals surface area contributed by atoms with Gasteiger partial charge in [-0.1, -0.05) is 18.2 Å². The molecule has 2 aromatic carbocycles. The molecule has 0 atom stereocenters. The van der Waals surface area contributed by atoms with Gasteiger partial charge < -0.3 is 9.88 Å². The maximum atomic E-state index is 4.08. The van der Waals surface area contributed by atoms with E-state index in [0.29, 0.717) is 0 Å². The highest BCUT2D eigenvalue weighted by atomic mass is 32.2. The van der Waals surface area contributed by atoms with E-state index in [1.54, 1.807) is 24.3 Å². The van der Waals surface area contributed by atoms with Crippen LogP contribution in [0.2, 0.25) is 0 Å². The normalized spacial score (nSPS) is 10.5. The summed E-state index contributed by atoms with van der Waals surface area (Å²) in [5.74, 6) is 0. The van der Waals surface area contributed by atoms with Crippen LogP contribution < -0.4 is 5.32 Å². The minimum absolute atomic E-state index is 0.821. The topological polar surface area (TPSA) is 29.9 Å². The Morgan fingerprint density at radius 2 is 2.00 bits per heavy atom. The molecular weight excluding hydrogens is 278 g/mol. The summed E-state index contributed by atoms with van der Waals surface area (Å²) in [5, 5.41) is 3.46. The number of hydrogen-bond acceptors (Lipinski definition) is 3. The fraction of sp³-hybridized carbons (Fsp3) is 0.118. The summed E-state index contributed by atoms with van der Waals surface area (Å²) in [5.41, 5.74) is 3.49. The number of aromatic nitrogens is 2. The van der Waals surface area contributed by atoms with Gasteiger partial charge >= 0.3 is 0 Å².